The van der Waals surface area contributed by atoms with Gasteiger partial charge in [0.25, 0.3) is 0 Å². The van der Waals surface area contributed by atoms with Crippen LogP contribution in [0, 0.1) is 0 Å². The summed E-state index contributed by atoms with van der Waals surface area (Å²) in [6, 6.07) is 17.4. The fraction of sp³-hybridized carbons (Fsp3) is 0.391. The lowest BCUT2D eigenvalue weighted by Crippen LogP contribution is -2.41. The van der Waals surface area contributed by atoms with Crippen molar-refractivity contribution in [1.82, 2.24) is 10.2 Å². The minimum Gasteiger partial charge on any atom is -0.366 e. The molecule has 146 valence electrons. The van der Waals surface area contributed by atoms with Crippen LogP contribution in [-0.4, -0.2) is 36.3 Å². The Hall–Kier alpha value is -2.66. The molecule has 5 nitrogen and oxygen atoms in total. The standard InChI is InChI=1S/C23H27N3O2/c24-21(27)18-8-10-19(11-9-18)23(12-13-23)22(28)25-20(16-26-14-4-5-15-26)17-6-2-1-3-7-17/h1-3,6-11,20H,4-5,12-16H2,(H2,24,27)(H,25,28). The van der Waals surface area contributed by atoms with E-state index in [9.17, 15) is 9.59 Å². The van der Waals surface area contributed by atoms with Crippen LogP contribution in [0.2, 0.25) is 0 Å². The third-order valence-corrected chi connectivity index (χ3v) is 6.05. The molecule has 2 fully saturated rings. The second-order valence-corrected chi connectivity index (χ2v) is 7.97. The molecular formula is C23H27N3O2. The first-order valence-corrected chi connectivity index (χ1v) is 10.1. The van der Waals surface area contributed by atoms with Crippen molar-refractivity contribution in [3.63, 3.8) is 0 Å². The maximum Gasteiger partial charge on any atom is 0.248 e. The number of hydrogen-bond donors (Lipinski definition) is 2. The van der Waals surface area contributed by atoms with Gasteiger partial charge in [-0.1, -0.05) is 42.5 Å². The smallest absolute Gasteiger partial charge is 0.248 e. The van der Waals surface area contributed by atoms with Crippen molar-refractivity contribution < 1.29 is 9.59 Å². The number of rotatable bonds is 7. The van der Waals surface area contributed by atoms with Crippen LogP contribution < -0.4 is 11.1 Å². The fourth-order valence-electron chi connectivity index (χ4n) is 4.16. The van der Waals surface area contributed by atoms with E-state index < -0.39 is 11.3 Å². The predicted octanol–water partition coefficient (Wildman–Crippen LogP) is 2.77. The number of primary amides is 1. The van der Waals surface area contributed by atoms with Crippen molar-refractivity contribution in [2.24, 2.45) is 5.73 Å². The van der Waals surface area contributed by atoms with Crippen molar-refractivity contribution >= 4 is 11.8 Å². The average molecular weight is 377 g/mol. The van der Waals surface area contributed by atoms with Gasteiger partial charge < -0.3 is 16.0 Å². The molecule has 0 spiro atoms. The van der Waals surface area contributed by atoms with Crippen molar-refractivity contribution in [3.05, 3.63) is 71.3 Å². The monoisotopic (exact) mass is 377 g/mol. The van der Waals surface area contributed by atoms with Gasteiger partial charge >= 0.3 is 0 Å². The molecule has 4 rings (SSSR count). The van der Waals surface area contributed by atoms with Gasteiger partial charge in [-0.3, -0.25) is 9.59 Å². The summed E-state index contributed by atoms with van der Waals surface area (Å²) in [6.07, 6.45) is 4.12. The second-order valence-electron chi connectivity index (χ2n) is 7.97. The Morgan fingerprint density at radius 3 is 2.21 bits per heavy atom. The minimum atomic E-state index is -0.478. The summed E-state index contributed by atoms with van der Waals surface area (Å²) in [5.41, 5.74) is 7.43. The van der Waals surface area contributed by atoms with Gasteiger partial charge in [0.15, 0.2) is 0 Å². The molecular weight excluding hydrogens is 350 g/mol. The Morgan fingerprint density at radius 1 is 1.00 bits per heavy atom. The number of likely N-dealkylation sites (tertiary alicyclic amines) is 1. The lowest BCUT2D eigenvalue weighted by molar-refractivity contribution is -0.124. The zero-order chi connectivity index (χ0) is 19.6. The van der Waals surface area contributed by atoms with Gasteiger partial charge in [0.2, 0.25) is 11.8 Å². The maximum atomic E-state index is 13.3. The van der Waals surface area contributed by atoms with Gasteiger partial charge in [-0.2, -0.15) is 0 Å². The highest BCUT2D eigenvalue weighted by Gasteiger charge is 2.51. The van der Waals surface area contributed by atoms with Crippen LogP contribution in [-0.2, 0) is 10.2 Å². The Kier molecular flexibility index (Phi) is 5.18. The summed E-state index contributed by atoms with van der Waals surface area (Å²) < 4.78 is 0. The number of nitrogens with one attached hydrogen (secondary N) is 1. The van der Waals surface area contributed by atoms with Gasteiger partial charge in [-0.15, -0.1) is 0 Å². The highest BCUT2D eigenvalue weighted by Crippen LogP contribution is 2.48. The third kappa shape index (κ3) is 3.80. The summed E-state index contributed by atoms with van der Waals surface area (Å²) in [5, 5.41) is 3.33. The molecule has 2 aromatic carbocycles. The zero-order valence-corrected chi connectivity index (χ0v) is 16.1. The number of carbonyl (C=O) groups excluding carboxylic acids is 2. The molecule has 1 saturated heterocycles. The third-order valence-electron chi connectivity index (χ3n) is 6.05. The van der Waals surface area contributed by atoms with Crippen LogP contribution in [0.25, 0.3) is 0 Å². The molecule has 1 atom stereocenters. The molecule has 1 aliphatic heterocycles. The van der Waals surface area contributed by atoms with E-state index in [1.165, 1.54) is 12.8 Å². The van der Waals surface area contributed by atoms with Crippen LogP contribution >= 0.6 is 0 Å². The summed E-state index contributed by atoms with van der Waals surface area (Å²) in [5.74, 6) is -0.372. The summed E-state index contributed by atoms with van der Waals surface area (Å²) in [4.78, 5) is 27.0. The Morgan fingerprint density at radius 2 is 1.64 bits per heavy atom. The molecule has 2 amide bonds. The summed E-state index contributed by atoms with van der Waals surface area (Å²) in [7, 11) is 0. The normalized spacial score (nSPS) is 19.1. The maximum absolute atomic E-state index is 13.3. The van der Waals surface area contributed by atoms with Gasteiger partial charge in [0.05, 0.1) is 11.5 Å². The molecule has 3 N–H and O–H groups in total. The molecule has 0 aromatic heterocycles. The van der Waals surface area contributed by atoms with Crippen LogP contribution in [0.5, 0.6) is 0 Å². The number of carbonyl (C=O) groups is 2. The van der Waals surface area contributed by atoms with Crippen LogP contribution in [0.15, 0.2) is 54.6 Å². The van der Waals surface area contributed by atoms with Crippen LogP contribution in [0.4, 0.5) is 0 Å². The van der Waals surface area contributed by atoms with E-state index in [0.717, 1.165) is 43.6 Å². The van der Waals surface area contributed by atoms with Crippen molar-refractivity contribution in [2.45, 2.75) is 37.1 Å². The Bertz CT molecular complexity index is 838. The average Bonchev–Trinajstić information content (AvgIpc) is 3.38. The molecule has 1 heterocycles. The lowest BCUT2D eigenvalue weighted by Gasteiger charge is -2.27. The number of nitrogens with two attached hydrogens (primary N) is 1. The molecule has 2 aromatic rings. The number of hydrogen-bond acceptors (Lipinski definition) is 3. The topological polar surface area (TPSA) is 75.4 Å². The predicted molar refractivity (Wildman–Crippen MR) is 109 cm³/mol. The summed E-state index contributed by atoms with van der Waals surface area (Å²) in [6.45, 7) is 3.03. The summed E-state index contributed by atoms with van der Waals surface area (Å²) >= 11 is 0. The quantitative estimate of drug-likeness (QED) is 0.779. The number of amides is 2. The highest BCUT2D eigenvalue weighted by atomic mass is 16.2. The SMILES string of the molecule is NC(=O)c1ccc(C2(C(=O)NC(CN3CCCC3)c3ccccc3)CC2)cc1. The second kappa shape index (κ2) is 7.76. The van der Waals surface area contributed by atoms with E-state index in [4.69, 9.17) is 5.73 Å². The van der Waals surface area contributed by atoms with E-state index >= 15 is 0 Å². The van der Waals surface area contributed by atoms with E-state index in [-0.39, 0.29) is 11.9 Å². The lowest BCUT2D eigenvalue weighted by atomic mass is 9.93. The van der Waals surface area contributed by atoms with Crippen molar-refractivity contribution in [1.29, 1.82) is 0 Å². The first-order chi connectivity index (χ1) is 13.6. The zero-order valence-electron chi connectivity index (χ0n) is 16.1. The van der Waals surface area contributed by atoms with Crippen LogP contribution in [0.1, 0.15) is 53.2 Å². The van der Waals surface area contributed by atoms with E-state index in [0.29, 0.717) is 5.56 Å². The van der Waals surface area contributed by atoms with Gasteiger partial charge in [0.1, 0.15) is 0 Å². The highest BCUT2D eigenvalue weighted by molar-refractivity contribution is 5.94. The van der Waals surface area contributed by atoms with Gasteiger partial charge in [-0.25, -0.2) is 0 Å². The Balaban J connectivity index is 1.52. The van der Waals surface area contributed by atoms with Crippen molar-refractivity contribution in [2.75, 3.05) is 19.6 Å². The minimum absolute atomic E-state index is 0.0193. The van der Waals surface area contributed by atoms with Gasteiger partial charge in [-0.05, 0) is 62.0 Å². The van der Waals surface area contributed by atoms with Crippen LogP contribution in [0.3, 0.4) is 0 Å². The molecule has 2 aliphatic rings. The molecule has 1 saturated carbocycles. The molecule has 0 radical (unpaired) electrons. The molecule has 28 heavy (non-hydrogen) atoms. The van der Waals surface area contributed by atoms with E-state index in [1.54, 1.807) is 12.1 Å². The molecule has 0 bridgehead atoms. The Labute approximate surface area is 165 Å². The van der Waals surface area contributed by atoms with Gasteiger partial charge in [0, 0.05) is 12.1 Å². The van der Waals surface area contributed by atoms with Crippen molar-refractivity contribution in [3.8, 4) is 0 Å². The number of nitrogens with zero attached hydrogens (tertiary/aromatic N) is 1. The molecule has 5 heteroatoms. The number of benzene rings is 2. The largest absolute Gasteiger partial charge is 0.366 e. The first-order valence-electron chi connectivity index (χ1n) is 10.1. The van der Waals surface area contributed by atoms with E-state index in [2.05, 4.69) is 22.3 Å². The first kappa shape index (κ1) is 18.7. The molecule has 1 unspecified atom stereocenters. The molecule has 1 aliphatic carbocycles. The van der Waals surface area contributed by atoms with E-state index in [1.807, 2.05) is 30.3 Å². The fourth-order valence-corrected chi connectivity index (χ4v) is 4.16.